The van der Waals surface area contributed by atoms with Crippen LogP contribution >= 0.6 is 0 Å². The van der Waals surface area contributed by atoms with Crippen LogP contribution in [0.5, 0.6) is 0 Å². The summed E-state index contributed by atoms with van der Waals surface area (Å²) >= 11 is 0. The molecule has 8 nitrogen and oxygen atoms in total. The van der Waals surface area contributed by atoms with Gasteiger partial charge in [-0.1, -0.05) is 53.7 Å². The van der Waals surface area contributed by atoms with E-state index >= 15 is 0 Å². The summed E-state index contributed by atoms with van der Waals surface area (Å²) in [7, 11) is 0. The van der Waals surface area contributed by atoms with Gasteiger partial charge < -0.3 is 13.7 Å². The molecular formula is C26H28N4O4. The first-order valence-corrected chi connectivity index (χ1v) is 11.7. The SMILES string of the molecule is CCOC(=O)c1oc2ccccc2c1CN1CCN(C(C)c2nc(-c3ccccc3)no2)CC1. The molecule has 0 aliphatic carbocycles. The average Bonchev–Trinajstić information content (AvgIpc) is 3.51. The molecule has 0 spiro atoms. The second-order valence-corrected chi connectivity index (χ2v) is 8.44. The predicted molar refractivity (Wildman–Crippen MR) is 127 cm³/mol. The molecule has 0 amide bonds. The fraction of sp³-hybridized carbons (Fsp3) is 0.346. The molecule has 0 radical (unpaired) electrons. The van der Waals surface area contributed by atoms with Crippen LogP contribution in [0.1, 0.15) is 41.9 Å². The molecule has 1 aliphatic rings. The quantitative estimate of drug-likeness (QED) is 0.372. The summed E-state index contributed by atoms with van der Waals surface area (Å²) in [6.45, 7) is 8.26. The lowest BCUT2D eigenvalue weighted by Crippen LogP contribution is -2.46. The number of aromatic nitrogens is 2. The number of furan rings is 1. The molecule has 0 N–H and O–H groups in total. The summed E-state index contributed by atoms with van der Waals surface area (Å²) in [5.41, 5.74) is 2.54. The third-order valence-electron chi connectivity index (χ3n) is 6.33. The van der Waals surface area contributed by atoms with Crippen molar-refractivity contribution in [3.63, 3.8) is 0 Å². The Morgan fingerprint density at radius 1 is 1.06 bits per heavy atom. The Morgan fingerprint density at radius 3 is 2.56 bits per heavy atom. The van der Waals surface area contributed by atoms with Crippen molar-refractivity contribution in [2.45, 2.75) is 26.4 Å². The molecule has 1 unspecified atom stereocenters. The molecular weight excluding hydrogens is 432 g/mol. The van der Waals surface area contributed by atoms with E-state index in [1.807, 2.05) is 54.6 Å². The van der Waals surface area contributed by atoms with Gasteiger partial charge in [-0.25, -0.2) is 4.79 Å². The van der Waals surface area contributed by atoms with E-state index in [0.717, 1.165) is 42.7 Å². The normalized spacial score (nSPS) is 16.1. The standard InChI is InChI=1S/C26H28N4O4/c1-3-32-26(31)23-21(20-11-7-8-12-22(20)33-23)17-29-13-15-30(16-14-29)18(2)25-27-24(28-34-25)19-9-5-4-6-10-19/h4-12,18H,3,13-17H2,1-2H3. The van der Waals surface area contributed by atoms with Crippen LogP contribution in [-0.4, -0.2) is 58.7 Å². The smallest absolute Gasteiger partial charge is 0.374 e. The Bertz CT molecular complexity index is 1260. The molecule has 2 aromatic heterocycles. The Kier molecular flexibility index (Phi) is 6.42. The number of para-hydroxylation sites is 1. The van der Waals surface area contributed by atoms with Crippen LogP contribution in [0.15, 0.2) is 63.5 Å². The zero-order chi connectivity index (χ0) is 23.5. The maximum atomic E-state index is 12.5. The number of rotatable bonds is 7. The van der Waals surface area contributed by atoms with E-state index in [1.54, 1.807) is 6.92 Å². The van der Waals surface area contributed by atoms with Crippen LogP contribution in [0.2, 0.25) is 0 Å². The zero-order valence-electron chi connectivity index (χ0n) is 19.4. The molecule has 8 heteroatoms. The molecule has 1 saturated heterocycles. The summed E-state index contributed by atoms with van der Waals surface area (Å²) in [5.74, 6) is 1.13. The summed E-state index contributed by atoms with van der Waals surface area (Å²) in [4.78, 5) is 21.8. The maximum Gasteiger partial charge on any atom is 0.374 e. The first kappa shape index (κ1) is 22.3. The number of carbonyl (C=O) groups excluding carboxylic acids is 1. The van der Waals surface area contributed by atoms with Gasteiger partial charge in [0, 0.05) is 49.2 Å². The van der Waals surface area contributed by atoms with Gasteiger partial charge in [0.1, 0.15) is 5.58 Å². The van der Waals surface area contributed by atoms with E-state index in [1.165, 1.54) is 0 Å². The largest absolute Gasteiger partial charge is 0.460 e. The van der Waals surface area contributed by atoms with Gasteiger partial charge in [-0.3, -0.25) is 9.80 Å². The van der Waals surface area contributed by atoms with E-state index in [4.69, 9.17) is 13.7 Å². The number of fused-ring (bicyclic) bond motifs is 1. The summed E-state index contributed by atoms with van der Waals surface area (Å²) in [6.07, 6.45) is 0. The highest BCUT2D eigenvalue weighted by molar-refractivity contribution is 5.96. The van der Waals surface area contributed by atoms with Crippen LogP contribution in [0.4, 0.5) is 0 Å². The molecule has 3 heterocycles. The van der Waals surface area contributed by atoms with Crippen molar-refractivity contribution in [1.29, 1.82) is 0 Å². The Balaban J connectivity index is 1.26. The van der Waals surface area contributed by atoms with Gasteiger partial charge in [0.15, 0.2) is 0 Å². The third-order valence-corrected chi connectivity index (χ3v) is 6.33. The van der Waals surface area contributed by atoms with Crippen LogP contribution < -0.4 is 0 Å². The molecule has 1 aliphatic heterocycles. The number of carbonyl (C=O) groups is 1. The molecule has 0 bridgehead atoms. The Labute approximate surface area is 198 Å². The van der Waals surface area contributed by atoms with E-state index < -0.39 is 5.97 Å². The summed E-state index contributed by atoms with van der Waals surface area (Å²) in [6, 6.07) is 17.6. The number of hydrogen-bond acceptors (Lipinski definition) is 8. The van der Waals surface area contributed by atoms with Gasteiger partial charge in [0.2, 0.25) is 17.5 Å². The lowest BCUT2D eigenvalue weighted by atomic mass is 10.1. The number of piperazine rings is 1. The van der Waals surface area contributed by atoms with Gasteiger partial charge in [0.05, 0.1) is 12.6 Å². The predicted octanol–water partition coefficient (Wildman–Crippen LogP) is 4.54. The van der Waals surface area contributed by atoms with Crippen molar-refractivity contribution in [1.82, 2.24) is 19.9 Å². The van der Waals surface area contributed by atoms with Crippen LogP contribution in [-0.2, 0) is 11.3 Å². The van der Waals surface area contributed by atoms with E-state index in [2.05, 4.69) is 26.9 Å². The highest BCUT2D eigenvalue weighted by atomic mass is 16.5. The van der Waals surface area contributed by atoms with Gasteiger partial charge in [-0.15, -0.1) is 0 Å². The number of nitrogens with zero attached hydrogens (tertiary/aromatic N) is 4. The Hall–Kier alpha value is -3.49. The van der Waals surface area contributed by atoms with Gasteiger partial charge >= 0.3 is 5.97 Å². The molecule has 4 aromatic rings. The number of benzene rings is 2. The minimum Gasteiger partial charge on any atom is -0.460 e. The molecule has 1 fully saturated rings. The Morgan fingerprint density at radius 2 is 1.79 bits per heavy atom. The fourth-order valence-corrected chi connectivity index (χ4v) is 4.42. The minimum atomic E-state index is -0.411. The fourth-order valence-electron chi connectivity index (χ4n) is 4.42. The molecule has 176 valence electrons. The zero-order valence-corrected chi connectivity index (χ0v) is 19.4. The molecule has 5 rings (SSSR count). The average molecular weight is 461 g/mol. The van der Waals surface area contributed by atoms with Crippen molar-refractivity contribution in [3.8, 4) is 11.4 Å². The van der Waals surface area contributed by atoms with E-state index in [9.17, 15) is 4.79 Å². The molecule has 1 atom stereocenters. The lowest BCUT2D eigenvalue weighted by molar-refractivity contribution is 0.0486. The molecule has 34 heavy (non-hydrogen) atoms. The van der Waals surface area contributed by atoms with E-state index in [-0.39, 0.29) is 6.04 Å². The molecule has 2 aromatic carbocycles. The van der Waals surface area contributed by atoms with Crippen LogP contribution in [0.25, 0.3) is 22.4 Å². The monoisotopic (exact) mass is 460 g/mol. The first-order valence-electron chi connectivity index (χ1n) is 11.7. The number of hydrogen-bond donors (Lipinski definition) is 0. The maximum absolute atomic E-state index is 12.5. The summed E-state index contributed by atoms with van der Waals surface area (Å²) < 4.78 is 16.7. The van der Waals surface area contributed by atoms with E-state index in [0.29, 0.717) is 36.2 Å². The van der Waals surface area contributed by atoms with Crippen LogP contribution in [0.3, 0.4) is 0 Å². The van der Waals surface area contributed by atoms with Crippen molar-refractivity contribution in [2.24, 2.45) is 0 Å². The highest BCUT2D eigenvalue weighted by Gasteiger charge is 2.28. The van der Waals surface area contributed by atoms with Gasteiger partial charge in [0.25, 0.3) is 0 Å². The lowest BCUT2D eigenvalue weighted by Gasteiger charge is -2.36. The highest BCUT2D eigenvalue weighted by Crippen LogP contribution is 2.29. The van der Waals surface area contributed by atoms with Crippen molar-refractivity contribution < 1.29 is 18.5 Å². The van der Waals surface area contributed by atoms with Crippen molar-refractivity contribution in [2.75, 3.05) is 32.8 Å². The molecule has 0 saturated carbocycles. The topological polar surface area (TPSA) is 84.8 Å². The first-order chi connectivity index (χ1) is 16.6. The minimum absolute atomic E-state index is 0.0250. The third kappa shape index (κ3) is 4.47. The summed E-state index contributed by atoms with van der Waals surface area (Å²) in [5, 5.41) is 5.12. The number of esters is 1. The van der Waals surface area contributed by atoms with Gasteiger partial charge in [-0.05, 0) is 19.9 Å². The van der Waals surface area contributed by atoms with Crippen molar-refractivity contribution >= 4 is 16.9 Å². The second-order valence-electron chi connectivity index (χ2n) is 8.44. The van der Waals surface area contributed by atoms with Gasteiger partial charge in [-0.2, -0.15) is 4.98 Å². The second kappa shape index (κ2) is 9.79. The van der Waals surface area contributed by atoms with Crippen molar-refractivity contribution in [3.05, 3.63) is 71.8 Å². The number of ether oxygens (including phenoxy) is 1. The van der Waals surface area contributed by atoms with Crippen LogP contribution in [0, 0.1) is 0 Å².